The lowest BCUT2D eigenvalue weighted by atomic mass is 10.1. The number of carbonyl (C=O) groups is 1. The number of nitrogens with one attached hydrogen (secondary N) is 1. The summed E-state index contributed by atoms with van der Waals surface area (Å²) in [6, 6.07) is 8.75. The largest absolute Gasteiger partial charge is 0.492 e. The Morgan fingerprint density at radius 2 is 2.12 bits per heavy atom. The molecular formula is C22H18ClFN4O3S. The van der Waals surface area contributed by atoms with Crippen molar-refractivity contribution >= 4 is 45.6 Å². The van der Waals surface area contributed by atoms with Gasteiger partial charge in [0.1, 0.15) is 23.4 Å². The number of pyridine rings is 1. The number of anilines is 1. The van der Waals surface area contributed by atoms with E-state index in [-0.39, 0.29) is 15.4 Å². The third-order valence-electron chi connectivity index (χ3n) is 4.66. The summed E-state index contributed by atoms with van der Waals surface area (Å²) in [6.07, 6.45) is 3.39. The predicted molar refractivity (Wildman–Crippen MR) is 122 cm³/mol. The zero-order valence-corrected chi connectivity index (χ0v) is 18.5. The average Bonchev–Trinajstić information content (AvgIpc) is 3.22. The summed E-state index contributed by atoms with van der Waals surface area (Å²) in [5.41, 5.74) is 1.48. The van der Waals surface area contributed by atoms with Gasteiger partial charge in [-0.2, -0.15) is 0 Å². The van der Waals surface area contributed by atoms with Crippen molar-refractivity contribution in [3.8, 4) is 16.3 Å². The van der Waals surface area contributed by atoms with E-state index in [0.717, 1.165) is 11.3 Å². The zero-order chi connectivity index (χ0) is 22.7. The van der Waals surface area contributed by atoms with E-state index >= 15 is 0 Å². The first-order valence-electron chi connectivity index (χ1n) is 9.75. The second kappa shape index (κ2) is 9.46. The lowest BCUT2D eigenvalue weighted by molar-refractivity contribution is 0.0698. The molecule has 1 aromatic carbocycles. The van der Waals surface area contributed by atoms with Gasteiger partial charge in [-0.3, -0.25) is 4.98 Å². The van der Waals surface area contributed by atoms with E-state index in [1.165, 1.54) is 12.5 Å². The number of hydrogen-bond acceptors (Lipinski definition) is 7. The van der Waals surface area contributed by atoms with Gasteiger partial charge in [0.2, 0.25) is 0 Å². The van der Waals surface area contributed by atoms with Crippen LogP contribution in [0.15, 0.2) is 42.9 Å². The maximum absolute atomic E-state index is 14.5. The number of nitrogens with zero attached hydrogens (tertiary/aromatic N) is 3. The predicted octanol–water partition coefficient (Wildman–Crippen LogP) is 5.30. The Morgan fingerprint density at radius 3 is 2.91 bits per heavy atom. The summed E-state index contributed by atoms with van der Waals surface area (Å²) >= 11 is 7.29. The Balaban J connectivity index is 1.50. The number of carboxylic acids is 1. The third-order valence-corrected chi connectivity index (χ3v) is 6.20. The number of rotatable bonds is 8. The minimum absolute atomic E-state index is 0.0598. The second-order valence-electron chi connectivity index (χ2n) is 6.75. The molecule has 0 saturated carbocycles. The molecule has 4 rings (SSSR count). The van der Waals surface area contributed by atoms with Crippen LogP contribution in [0.5, 0.6) is 5.75 Å². The third kappa shape index (κ3) is 4.49. The molecule has 10 heteroatoms. The number of halogens is 2. The molecule has 0 aliphatic rings. The van der Waals surface area contributed by atoms with Crippen molar-refractivity contribution in [1.29, 1.82) is 0 Å². The van der Waals surface area contributed by atoms with E-state index < -0.39 is 11.8 Å². The van der Waals surface area contributed by atoms with Crippen LogP contribution >= 0.6 is 22.9 Å². The first-order valence-corrected chi connectivity index (χ1v) is 10.9. The molecule has 0 aliphatic carbocycles. The summed E-state index contributed by atoms with van der Waals surface area (Å²) in [7, 11) is 0. The highest BCUT2D eigenvalue weighted by Gasteiger charge is 2.18. The molecule has 0 amide bonds. The minimum Gasteiger partial charge on any atom is -0.492 e. The van der Waals surface area contributed by atoms with Gasteiger partial charge < -0.3 is 15.2 Å². The molecule has 164 valence electrons. The average molecular weight is 473 g/mol. The fourth-order valence-corrected chi connectivity index (χ4v) is 4.37. The Kier molecular flexibility index (Phi) is 6.48. The molecule has 0 aliphatic heterocycles. The molecule has 3 aromatic heterocycles. The summed E-state index contributed by atoms with van der Waals surface area (Å²) in [4.78, 5) is 24.7. The topological polar surface area (TPSA) is 97.2 Å². The van der Waals surface area contributed by atoms with Gasteiger partial charge in [0.15, 0.2) is 10.7 Å². The van der Waals surface area contributed by atoms with Crippen LogP contribution in [-0.2, 0) is 6.42 Å². The number of aromatic nitrogens is 3. The van der Waals surface area contributed by atoms with Crippen molar-refractivity contribution in [2.75, 3.05) is 18.5 Å². The van der Waals surface area contributed by atoms with Crippen LogP contribution in [0.1, 0.15) is 22.2 Å². The molecule has 0 spiro atoms. The first kappa shape index (κ1) is 21.9. The van der Waals surface area contributed by atoms with Gasteiger partial charge in [0, 0.05) is 30.3 Å². The summed E-state index contributed by atoms with van der Waals surface area (Å²) < 4.78 is 19.9. The van der Waals surface area contributed by atoms with E-state index in [1.54, 1.807) is 31.2 Å². The van der Waals surface area contributed by atoms with Crippen LogP contribution < -0.4 is 10.1 Å². The van der Waals surface area contributed by atoms with Crippen LogP contribution in [0.3, 0.4) is 0 Å². The molecule has 32 heavy (non-hydrogen) atoms. The number of aromatic carboxylic acids is 1. The van der Waals surface area contributed by atoms with Gasteiger partial charge in [-0.15, -0.1) is 11.3 Å². The smallest absolute Gasteiger partial charge is 0.349 e. The molecule has 2 N–H and O–H groups in total. The number of carboxylic acid groups (broad SMARTS) is 1. The highest BCUT2D eigenvalue weighted by molar-refractivity contribution is 7.17. The van der Waals surface area contributed by atoms with Crippen molar-refractivity contribution in [2.24, 2.45) is 0 Å². The standard InChI is InChI=1S/C22H18ClFN4O3S/c1-2-31-15-10-16(32-21(15)22(29)30)14-9-17(28-11-27-14)25-7-5-12-8-13-4-3-6-26-20(13)19(24)18(12)23/h3-4,6,8-11H,2,5,7H2,1H3,(H,29,30)(H,25,27,28). The number of fused-ring (bicyclic) bond motifs is 1. The van der Waals surface area contributed by atoms with Crippen LogP contribution in [0.25, 0.3) is 21.5 Å². The highest BCUT2D eigenvalue weighted by Crippen LogP contribution is 2.36. The Labute approximate surface area is 191 Å². The quantitative estimate of drug-likeness (QED) is 0.359. The van der Waals surface area contributed by atoms with Gasteiger partial charge in [0.25, 0.3) is 0 Å². The summed E-state index contributed by atoms with van der Waals surface area (Å²) in [5, 5.41) is 13.3. The second-order valence-corrected chi connectivity index (χ2v) is 8.18. The van der Waals surface area contributed by atoms with Crippen LogP contribution in [0.2, 0.25) is 5.02 Å². The summed E-state index contributed by atoms with van der Waals surface area (Å²) in [6.45, 7) is 2.61. The van der Waals surface area contributed by atoms with Gasteiger partial charge in [-0.25, -0.2) is 19.2 Å². The van der Waals surface area contributed by atoms with Crippen LogP contribution in [-0.4, -0.2) is 39.2 Å². The van der Waals surface area contributed by atoms with Crippen molar-refractivity contribution in [1.82, 2.24) is 15.0 Å². The van der Waals surface area contributed by atoms with Crippen LogP contribution in [0.4, 0.5) is 10.2 Å². The highest BCUT2D eigenvalue weighted by atomic mass is 35.5. The lowest BCUT2D eigenvalue weighted by Crippen LogP contribution is -2.07. The molecule has 0 bridgehead atoms. The zero-order valence-electron chi connectivity index (χ0n) is 16.9. The molecular weight excluding hydrogens is 455 g/mol. The molecule has 0 saturated heterocycles. The van der Waals surface area contributed by atoms with E-state index in [1.807, 2.05) is 6.07 Å². The van der Waals surface area contributed by atoms with Gasteiger partial charge in [-0.1, -0.05) is 17.7 Å². The van der Waals surface area contributed by atoms with Gasteiger partial charge >= 0.3 is 5.97 Å². The van der Waals surface area contributed by atoms with E-state index in [4.69, 9.17) is 16.3 Å². The molecule has 0 unspecified atom stereocenters. The molecule has 4 aromatic rings. The molecule has 0 atom stereocenters. The molecule has 3 heterocycles. The fraction of sp³-hybridized carbons (Fsp3) is 0.182. The Bertz CT molecular complexity index is 1300. The number of ether oxygens (including phenoxy) is 1. The first-order chi connectivity index (χ1) is 15.5. The van der Waals surface area contributed by atoms with Crippen molar-refractivity contribution in [3.63, 3.8) is 0 Å². The maximum atomic E-state index is 14.5. The van der Waals surface area contributed by atoms with Gasteiger partial charge in [0.05, 0.1) is 22.2 Å². The van der Waals surface area contributed by atoms with Crippen molar-refractivity contribution in [3.05, 3.63) is 64.1 Å². The SMILES string of the molecule is CCOc1cc(-c2cc(NCCc3cc4cccnc4c(F)c3Cl)ncn2)sc1C(=O)O. The maximum Gasteiger partial charge on any atom is 0.349 e. The van der Waals surface area contributed by atoms with Crippen molar-refractivity contribution in [2.45, 2.75) is 13.3 Å². The van der Waals surface area contributed by atoms with E-state index in [2.05, 4.69) is 20.3 Å². The molecule has 0 fully saturated rings. The van der Waals surface area contributed by atoms with Crippen molar-refractivity contribution < 1.29 is 19.0 Å². The fourth-order valence-electron chi connectivity index (χ4n) is 3.22. The van der Waals surface area contributed by atoms with E-state index in [0.29, 0.717) is 52.7 Å². The Morgan fingerprint density at radius 1 is 1.28 bits per heavy atom. The summed E-state index contributed by atoms with van der Waals surface area (Å²) in [5.74, 6) is -0.708. The minimum atomic E-state index is -1.05. The Hall–Kier alpha value is -3.30. The van der Waals surface area contributed by atoms with Crippen LogP contribution in [0, 0.1) is 5.82 Å². The normalized spacial score (nSPS) is 11.0. The monoisotopic (exact) mass is 472 g/mol. The molecule has 0 radical (unpaired) electrons. The number of thiophene rings is 1. The number of hydrogen-bond donors (Lipinski definition) is 2. The lowest BCUT2D eigenvalue weighted by Gasteiger charge is -2.10. The van der Waals surface area contributed by atoms with Gasteiger partial charge in [-0.05, 0) is 31.0 Å². The number of benzene rings is 1. The van der Waals surface area contributed by atoms with E-state index in [9.17, 15) is 14.3 Å². The molecule has 7 nitrogen and oxygen atoms in total.